The van der Waals surface area contributed by atoms with Crippen LogP contribution in [0.1, 0.15) is 12.8 Å². The van der Waals surface area contributed by atoms with Crippen LogP contribution in [0.25, 0.3) is 0 Å². The first-order chi connectivity index (χ1) is 9.01. The molecule has 0 atom stereocenters. The smallest absolute Gasteiger partial charge is 0.270 e. The highest BCUT2D eigenvalue weighted by Crippen LogP contribution is 2.27. The highest BCUT2D eigenvalue weighted by molar-refractivity contribution is 9.10. The van der Waals surface area contributed by atoms with Gasteiger partial charge in [-0.3, -0.25) is 15.6 Å². The Balaban J connectivity index is 1.96. The lowest BCUT2D eigenvalue weighted by Crippen LogP contribution is -2.50. The first-order valence-electron chi connectivity index (χ1n) is 5.83. The Hall–Kier alpha value is -0.790. The molecular weight excluding hydrogens is 335 g/mol. The van der Waals surface area contributed by atoms with Gasteiger partial charge in [0, 0.05) is 4.47 Å². The molecule has 0 aromatic heterocycles. The molecule has 1 amide bonds. The lowest BCUT2D eigenvalue weighted by molar-refractivity contribution is -0.139. The molecule has 7 heteroatoms. The minimum Gasteiger partial charge on any atom is -0.380 e. The predicted octanol–water partition coefficient (Wildman–Crippen LogP) is 2.29. The zero-order chi connectivity index (χ0) is 13.9. The van der Waals surface area contributed by atoms with E-state index in [9.17, 15) is 14.3 Å². The standard InChI is InChI=1S/C12H14BrFN2O2S/c13-8-1-2-10(9(14)7-8)15-16-11(17)12(18)3-5-19-6-4-12/h1-2,7,15,18H,3-6H2,(H,16,17). The molecule has 4 nitrogen and oxygen atoms in total. The summed E-state index contributed by atoms with van der Waals surface area (Å²) in [6.07, 6.45) is 0.821. The second-order valence-corrected chi connectivity index (χ2v) is 6.49. The van der Waals surface area contributed by atoms with Crippen LogP contribution in [0.4, 0.5) is 10.1 Å². The summed E-state index contributed by atoms with van der Waals surface area (Å²) < 4.78 is 14.1. The average Bonchev–Trinajstić information content (AvgIpc) is 2.38. The molecular formula is C12H14BrFN2O2S. The Morgan fingerprint density at radius 1 is 1.42 bits per heavy atom. The van der Waals surface area contributed by atoms with Crippen molar-refractivity contribution in [3.63, 3.8) is 0 Å². The first-order valence-corrected chi connectivity index (χ1v) is 7.78. The van der Waals surface area contributed by atoms with Crippen LogP contribution in [-0.4, -0.2) is 28.1 Å². The van der Waals surface area contributed by atoms with E-state index in [0.717, 1.165) is 11.5 Å². The van der Waals surface area contributed by atoms with Gasteiger partial charge >= 0.3 is 0 Å². The SMILES string of the molecule is O=C(NNc1ccc(Br)cc1F)C1(O)CCSCC1. The molecule has 2 rings (SSSR count). The van der Waals surface area contributed by atoms with Crippen LogP contribution in [0, 0.1) is 5.82 Å². The third-order valence-corrected chi connectivity index (χ3v) is 4.46. The topological polar surface area (TPSA) is 61.4 Å². The largest absolute Gasteiger partial charge is 0.380 e. The summed E-state index contributed by atoms with van der Waals surface area (Å²) >= 11 is 4.86. The van der Waals surface area contributed by atoms with Gasteiger partial charge in [-0.25, -0.2) is 4.39 Å². The Kier molecular flexibility index (Phi) is 4.70. The fourth-order valence-electron chi connectivity index (χ4n) is 1.77. The second-order valence-electron chi connectivity index (χ2n) is 4.35. The molecule has 0 bridgehead atoms. The van der Waals surface area contributed by atoms with Crippen molar-refractivity contribution < 1.29 is 14.3 Å². The van der Waals surface area contributed by atoms with E-state index < -0.39 is 17.3 Å². The molecule has 0 saturated carbocycles. The zero-order valence-corrected chi connectivity index (χ0v) is 12.5. The molecule has 0 aliphatic carbocycles. The highest BCUT2D eigenvalue weighted by atomic mass is 79.9. The number of benzene rings is 1. The number of carbonyl (C=O) groups is 1. The van der Waals surface area contributed by atoms with Gasteiger partial charge in [-0.15, -0.1) is 0 Å². The van der Waals surface area contributed by atoms with Crippen molar-refractivity contribution >= 4 is 39.3 Å². The number of anilines is 1. The van der Waals surface area contributed by atoms with Gasteiger partial charge in [0.15, 0.2) is 0 Å². The molecule has 1 aliphatic heterocycles. The molecule has 1 fully saturated rings. The fourth-order valence-corrected chi connectivity index (χ4v) is 3.27. The number of hydrogen-bond donors (Lipinski definition) is 3. The molecule has 0 spiro atoms. The van der Waals surface area contributed by atoms with E-state index >= 15 is 0 Å². The molecule has 104 valence electrons. The van der Waals surface area contributed by atoms with Gasteiger partial charge in [-0.05, 0) is 42.5 Å². The first kappa shape index (κ1) is 14.6. The Morgan fingerprint density at radius 2 is 2.11 bits per heavy atom. The molecule has 1 aromatic rings. The number of thioether (sulfide) groups is 1. The minimum absolute atomic E-state index is 0.158. The van der Waals surface area contributed by atoms with E-state index in [1.165, 1.54) is 12.1 Å². The van der Waals surface area contributed by atoms with Crippen molar-refractivity contribution in [1.82, 2.24) is 5.43 Å². The molecule has 1 aromatic carbocycles. The molecule has 3 N–H and O–H groups in total. The van der Waals surface area contributed by atoms with Crippen LogP contribution in [0.15, 0.2) is 22.7 Å². The van der Waals surface area contributed by atoms with Gasteiger partial charge in [0.2, 0.25) is 0 Å². The number of hydrazine groups is 1. The molecule has 19 heavy (non-hydrogen) atoms. The van der Waals surface area contributed by atoms with Crippen molar-refractivity contribution in [2.75, 3.05) is 16.9 Å². The van der Waals surface area contributed by atoms with Crippen molar-refractivity contribution in [2.24, 2.45) is 0 Å². The van der Waals surface area contributed by atoms with Gasteiger partial charge in [-0.2, -0.15) is 11.8 Å². The second kappa shape index (κ2) is 6.11. The number of carbonyl (C=O) groups excluding carboxylic acids is 1. The van der Waals surface area contributed by atoms with Gasteiger partial charge in [0.1, 0.15) is 11.4 Å². The summed E-state index contributed by atoms with van der Waals surface area (Å²) in [5.74, 6) is 0.489. The van der Waals surface area contributed by atoms with Gasteiger partial charge in [0.05, 0.1) is 5.69 Å². The Bertz CT molecular complexity index is 481. The van der Waals surface area contributed by atoms with Crippen LogP contribution < -0.4 is 10.9 Å². The third-order valence-electron chi connectivity index (χ3n) is 2.98. The lowest BCUT2D eigenvalue weighted by atomic mass is 9.96. The number of halogens is 2. The van der Waals surface area contributed by atoms with Crippen molar-refractivity contribution in [1.29, 1.82) is 0 Å². The summed E-state index contributed by atoms with van der Waals surface area (Å²) in [6, 6.07) is 4.45. The predicted molar refractivity (Wildman–Crippen MR) is 77.4 cm³/mol. The number of nitrogens with one attached hydrogen (secondary N) is 2. The maximum atomic E-state index is 13.5. The fraction of sp³-hybridized carbons (Fsp3) is 0.417. The van der Waals surface area contributed by atoms with Crippen molar-refractivity contribution in [2.45, 2.75) is 18.4 Å². The maximum absolute atomic E-state index is 13.5. The summed E-state index contributed by atoms with van der Waals surface area (Å²) in [7, 11) is 0. The molecule has 1 saturated heterocycles. The number of aliphatic hydroxyl groups is 1. The number of amides is 1. The van der Waals surface area contributed by atoms with E-state index in [1.54, 1.807) is 17.8 Å². The minimum atomic E-state index is -1.36. The van der Waals surface area contributed by atoms with Crippen LogP contribution >= 0.6 is 27.7 Å². The van der Waals surface area contributed by atoms with Gasteiger partial charge in [0.25, 0.3) is 5.91 Å². The van der Waals surface area contributed by atoms with E-state index in [2.05, 4.69) is 26.8 Å². The molecule has 1 heterocycles. The zero-order valence-electron chi connectivity index (χ0n) is 10.1. The summed E-state index contributed by atoms with van der Waals surface area (Å²) in [4.78, 5) is 11.9. The van der Waals surface area contributed by atoms with Gasteiger partial charge < -0.3 is 5.11 Å². The third kappa shape index (κ3) is 3.61. The van der Waals surface area contributed by atoms with Crippen LogP contribution in [-0.2, 0) is 4.79 Å². The number of rotatable bonds is 3. The van der Waals surface area contributed by atoms with Crippen LogP contribution in [0.5, 0.6) is 0 Å². The quantitative estimate of drug-likeness (QED) is 0.733. The van der Waals surface area contributed by atoms with Crippen LogP contribution in [0.3, 0.4) is 0 Å². The number of hydrogen-bond acceptors (Lipinski definition) is 4. The van der Waals surface area contributed by atoms with Crippen molar-refractivity contribution in [3.05, 3.63) is 28.5 Å². The highest BCUT2D eigenvalue weighted by Gasteiger charge is 2.37. The molecule has 0 unspecified atom stereocenters. The average molecular weight is 349 g/mol. The maximum Gasteiger partial charge on any atom is 0.270 e. The lowest BCUT2D eigenvalue weighted by Gasteiger charge is -2.30. The summed E-state index contributed by atoms with van der Waals surface area (Å²) in [5.41, 5.74) is 3.67. The van der Waals surface area contributed by atoms with Gasteiger partial charge in [-0.1, -0.05) is 15.9 Å². The van der Waals surface area contributed by atoms with E-state index in [1.807, 2.05) is 0 Å². The van der Waals surface area contributed by atoms with E-state index in [0.29, 0.717) is 17.3 Å². The normalized spacial score (nSPS) is 17.8. The summed E-state index contributed by atoms with van der Waals surface area (Å²) in [6.45, 7) is 0. The molecule has 1 aliphatic rings. The van der Waals surface area contributed by atoms with E-state index in [-0.39, 0.29) is 5.69 Å². The molecule has 0 radical (unpaired) electrons. The van der Waals surface area contributed by atoms with E-state index in [4.69, 9.17) is 0 Å². The Labute approximate surface area is 123 Å². The van der Waals surface area contributed by atoms with Crippen molar-refractivity contribution in [3.8, 4) is 0 Å². The summed E-state index contributed by atoms with van der Waals surface area (Å²) in [5, 5.41) is 10.2. The monoisotopic (exact) mass is 348 g/mol. The Morgan fingerprint density at radius 3 is 2.74 bits per heavy atom. The van der Waals surface area contributed by atoms with Crippen LogP contribution in [0.2, 0.25) is 0 Å².